The highest BCUT2D eigenvalue weighted by molar-refractivity contribution is 5.69. The number of carboxylic acid groups (broad SMARTS) is 1. The molecule has 0 atom stereocenters. The van der Waals surface area contributed by atoms with Gasteiger partial charge in [0.15, 0.2) is 0 Å². The average Bonchev–Trinajstić information content (AvgIpc) is 2.66. The van der Waals surface area contributed by atoms with Gasteiger partial charge in [-0.25, -0.2) is 9.07 Å². The molecule has 0 aliphatic heterocycles. The van der Waals surface area contributed by atoms with Crippen LogP contribution in [0.4, 0.5) is 4.39 Å². The lowest BCUT2D eigenvalue weighted by Gasteiger charge is -1.99. The van der Waals surface area contributed by atoms with E-state index in [1.54, 1.807) is 24.4 Å². The lowest BCUT2D eigenvalue weighted by molar-refractivity contribution is -0.136. The van der Waals surface area contributed by atoms with Crippen molar-refractivity contribution in [3.8, 4) is 5.69 Å². The maximum Gasteiger partial charge on any atom is 0.309 e. The van der Waals surface area contributed by atoms with E-state index in [2.05, 4.69) is 5.10 Å². The molecule has 82 valence electrons. The Kier molecular flexibility index (Phi) is 2.68. The zero-order chi connectivity index (χ0) is 11.5. The van der Waals surface area contributed by atoms with Crippen LogP contribution in [-0.4, -0.2) is 20.9 Å². The van der Waals surface area contributed by atoms with Crippen molar-refractivity contribution in [2.45, 2.75) is 6.42 Å². The van der Waals surface area contributed by atoms with Gasteiger partial charge in [0.1, 0.15) is 5.82 Å². The third kappa shape index (κ3) is 2.25. The van der Waals surface area contributed by atoms with Crippen LogP contribution in [0.5, 0.6) is 0 Å². The van der Waals surface area contributed by atoms with Crippen molar-refractivity contribution in [2.75, 3.05) is 0 Å². The number of aromatic nitrogens is 2. The number of carboxylic acids is 1. The highest BCUT2D eigenvalue weighted by Crippen LogP contribution is 2.09. The van der Waals surface area contributed by atoms with E-state index in [0.717, 1.165) is 0 Å². The maximum absolute atomic E-state index is 12.7. The van der Waals surface area contributed by atoms with Crippen LogP contribution in [0.2, 0.25) is 0 Å². The molecule has 0 spiro atoms. The summed E-state index contributed by atoms with van der Waals surface area (Å²) in [6, 6.07) is 7.43. The van der Waals surface area contributed by atoms with E-state index in [-0.39, 0.29) is 12.2 Å². The number of hydrogen-bond donors (Lipinski definition) is 1. The molecule has 16 heavy (non-hydrogen) atoms. The van der Waals surface area contributed by atoms with Gasteiger partial charge in [-0.05, 0) is 30.3 Å². The van der Waals surface area contributed by atoms with Crippen molar-refractivity contribution in [1.82, 2.24) is 9.78 Å². The minimum Gasteiger partial charge on any atom is -0.481 e. The first-order valence-corrected chi connectivity index (χ1v) is 4.67. The standard InChI is InChI=1S/C11H9FN2O2/c12-8-1-3-10(4-2-8)14-6-5-9(13-14)7-11(15)16/h1-6H,7H2,(H,15,16). The van der Waals surface area contributed by atoms with Gasteiger partial charge in [0.25, 0.3) is 0 Å². The summed E-state index contributed by atoms with van der Waals surface area (Å²) in [7, 11) is 0. The molecule has 4 nitrogen and oxygen atoms in total. The van der Waals surface area contributed by atoms with E-state index in [4.69, 9.17) is 5.11 Å². The van der Waals surface area contributed by atoms with Crippen LogP contribution in [0.25, 0.3) is 5.69 Å². The van der Waals surface area contributed by atoms with E-state index in [1.165, 1.54) is 16.8 Å². The fourth-order valence-corrected chi connectivity index (χ4v) is 1.35. The van der Waals surface area contributed by atoms with Gasteiger partial charge in [0.05, 0.1) is 17.8 Å². The lowest BCUT2D eigenvalue weighted by Crippen LogP contribution is -2.02. The fourth-order valence-electron chi connectivity index (χ4n) is 1.35. The molecule has 0 aliphatic carbocycles. The first-order chi connectivity index (χ1) is 7.65. The Morgan fingerprint density at radius 1 is 1.31 bits per heavy atom. The minimum absolute atomic E-state index is 0.117. The van der Waals surface area contributed by atoms with Crippen LogP contribution in [0.3, 0.4) is 0 Å². The van der Waals surface area contributed by atoms with Crippen LogP contribution in [0.1, 0.15) is 5.69 Å². The molecule has 5 heteroatoms. The predicted molar refractivity (Wildman–Crippen MR) is 54.9 cm³/mol. The van der Waals surface area contributed by atoms with Crippen LogP contribution < -0.4 is 0 Å². The van der Waals surface area contributed by atoms with E-state index in [1.807, 2.05) is 0 Å². The Morgan fingerprint density at radius 3 is 2.62 bits per heavy atom. The van der Waals surface area contributed by atoms with Gasteiger partial charge in [-0.2, -0.15) is 5.10 Å². The fraction of sp³-hybridized carbons (Fsp3) is 0.0909. The summed E-state index contributed by atoms with van der Waals surface area (Å²) in [5.41, 5.74) is 1.16. The first-order valence-electron chi connectivity index (χ1n) is 4.67. The molecule has 2 rings (SSSR count). The van der Waals surface area contributed by atoms with E-state index in [0.29, 0.717) is 11.4 Å². The maximum atomic E-state index is 12.7. The minimum atomic E-state index is -0.927. The van der Waals surface area contributed by atoms with Gasteiger partial charge < -0.3 is 5.11 Å². The lowest BCUT2D eigenvalue weighted by atomic mass is 10.3. The SMILES string of the molecule is O=C(O)Cc1ccn(-c2ccc(F)cc2)n1. The zero-order valence-corrected chi connectivity index (χ0v) is 8.30. The van der Waals surface area contributed by atoms with Crippen LogP contribution in [0, 0.1) is 5.82 Å². The molecule has 0 saturated heterocycles. The molecule has 0 amide bonds. The molecular weight excluding hydrogens is 211 g/mol. The van der Waals surface area contributed by atoms with Crippen LogP contribution >= 0.6 is 0 Å². The summed E-state index contributed by atoms with van der Waals surface area (Å²) in [6.45, 7) is 0. The molecular formula is C11H9FN2O2. The molecule has 0 unspecified atom stereocenters. The normalized spacial score (nSPS) is 10.3. The number of carbonyl (C=O) groups is 1. The summed E-state index contributed by atoms with van der Waals surface area (Å²) in [4.78, 5) is 10.5. The number of nitrogens with zero attached hydrogens (tertiary/aromatic N) is 2. The van der Waals surface area contributed by atoms with E-state index >= 15 is 0 Å². The van der Waals surface area contributed by atoms with Gasteiger partial charge >= 0.3 is 5.97 Å². The Labute approximate surface area is 90.9 Å². The number of halogens is 1. The van der Waals surface area contributed by atoms with Crippen molar-refractivity contribution >= 4 is 5.97 Å². The molecule has 1 aromatic heterocycles. The highest BCUT2D eigenvalue weighted by atomic mass is 19.1. The number of aliphatic carboxylic acids is 1. The summed E-state index contributed by atoms with van der Waals surface area (Å²) in [5, 5.41) is 12.6. The molecule has 0 aliphatic rings. The van der Waals surface area contributed by atoms with Gasteiger partial charge in [0, 0.05) is 6.20 Å². The van der Waals surface area contributed by atoms with Gasteiger partial charge in [-0.3, -0.25) is 4.79 Å². The zero-order valence-electron chi connectivity index (χ0n) is 8.30. The summed E-state index contributed by atoms with van der Waals surface area (Å²) >= 11 is 0. The van der Waals surface area contributed by atoms with Crippen molar-refractivity contribution in [1.29, 1.82) is 0 Å². The highest BCUT2D eigenvalue weighted by Gasteiger charge is 2.05. The van der Waals surface area contributed by atoms with E-state index in [9.17, 15) is 9.18 Å². The van der Waals surface area contributed by atoms with Crippen molar-refractivity contribution in [3.63, 3.8) is 0 Å². The summed E-state index contributed by atoms with van der Waals surface area (Å²) in [6.07, 6.45) is 1.53. The Bertz CT molecular complexity index is 505. The summed E-state index contributed by atoms with van der Waals surface area (Å²) in [5.74, 6) is -1.24. The van der Waals surface area contributed by atoms with E-state index < -0.39 is 5.97 Å². The second-order valence-corrected chi connectivity index (χ2v) is 3.30. The molecule has 0 bridgehead atoms. The third-order valence-corrected chi connectivity index (χ3v) is 2.07. The topological polar surface area (TPSA) is 55.1 Å². The van der Waals surface area contributed by atoms with Crippen LogP contribution in [-0.2, 0) is 11.2 Å². The molecule has 2 aromatic rings. The largest absolute Gasteiger partial charge is 0.481 e. The first kappa shape index (κ1) is 10.4. The second-order valence-electron chi connectivity index (χ2n) is 3.30. The Hall–Kier alpha value is -2.17. The number of rotatable bonds is 3. The molecule has 1 heterocycles. The quantitative estimate of drug-likeness (QED) is 0.855. The second kappa shape index (κ2) is 4.14. The molecule has 1 aromatic carbocycles. The van der Waals surface area contributed by atoms with Crippen molar-refractivity contribution in [3.05, 3.63) is 48.0 Å². The molecule has 0 saturated carbocycles. The van der Waals surface area contributed by atoms with Gasteiger partial charge in [0.2, 0.25) is 0 Å². The Morgan fingerprint density at radius 2 is 2.00 bits per heavy atom. The van der Waals surface area contributed by atoms with Crippen LogP contribution in [0.15, 0.2) is 36.5 Å². The molecule has 0 fully saturated rings. The van der Waals surface area contributed by atoms with Crippen molar-refractivity contribution in [2.24, 2.45) is 0 Å². The number of benzene rings is 1. The molecule has 1 N–H and O–H groups in total. The Balaban J connectivity index is 2.24. The monoisotopic (exact) mass is 220 g/mol. The average molecular weight is 220 g/mol. The number of hydrogen-bond acceptors (Lipinski definition) is 2. The molecule has 0 radical (unpaired) electrons. The predicted octanol–water partition coefficient (Wildman–Crippen LogP) is 1.64. The summed E-state index contributed by atoms with van der Waals surface area (Å²) < 4.78 is 14.2. The van der Waals surface area contributed by atoms with Gasteiger partial charge in [-0.15, -0.1) is 0 Å². The third-order valence-electron chi connectivity index (χ3n) is 2.07. The smallest absolute Gasteiger partial charge is 0.309 e. The van der Waals surface area contributed by atoms with Crippen molar-refractivity contribution < 1.29 is 14.3 Å². The van der Waals surface area contributed by atoms with Gasteiger partial charge in [-0.1, -0.05) is 0 Å².